The fourth-order valence-corrected chi connectivity index (χ4v) is 2.73. The quantitative estimate of drug-likeness (QED) is 0.626. The SMILES string of the molecule is Cc1cnn(-c2ccc(C)c(NC(=O)c3cnc4ccccn34)c2)c1. The lowest BCUT2D eigenvalue weighted by Gasteiger charge is -2.11. The van der Waals surface area contributed by atoms with Crippen molar-refractivity contribution in [3.05, 3.63) is 78.0 Å². The number of benzene rings is 1. The van der Waals surface area contributed by atoms with Gasteiger partial charge in [-0.1, -0.05) is 12.1 Å². The number of carbonyl (C=O) groups excluding carboxylic acids is 1. The zero-order valence-corrected chi connectivity index (χ0v) is 14.0. The van der Waals surface area contributed by atoms with E-state index >= 15 is 0 Å². The fourth-order valence-electron chi connectivity index (χ4n) is 2.73. The van der Waals surface area contributed by atoms with Gasteiger partial charge in [-0.15, -0.1) is 0 Å². The molecular formula is C19H17N5O. The van der Waals surface area contributed by atoms with Crippen molar-refractivity contribution in [2.24, 2.45) is 0 Å². The Hall–Kier alpha value is -3.41. The number of nitrogens with zero attached hydrogens (tertiary/aromatic N) is 4. The average Bonchev–Trinajstić information content (AvgIpc) is 3.23. The summed E-state index contributed by atoms with van der Waals surface area (Å²) in [5.41, 5.74) is 4.95. The average molecular weight is 331 g/mol. The van der Waals surface area contributed by atoms with E-state index in [9.17, 15) is 4.79 Å². The molecule has 0 aliphatic carbocycles. The number of pyridine rings is 1. The van der Waals surface area contributed by atoms with Crippen LogP contribution in [0, 0.1) is 13.8 Å². The van der Waals surface area contributed by atoms with Crippen LogP contribution in [0.2, 0.25) is 0 Å². The molecular weight excluding hydrogens is 314 g/mol. The molecule has 4 rings (SSSR count). The van der Waals surface area contributed by atoms with Gasteiger partial charge < -0.3 is 5.32 Å². The van der Waals surface area contributed by atoms with Crippen LogP contribution in [0.3, 0.4) is 0 Å². The lowest BCUT2D eigenvalue weighted by molar-refractivity contribution is 0.102. The van der Waals surface area contributed by atoms with Gasteiger partial charge in [-0.25, -0.2) is 9.67 Å². The van der Waals surface area contributed by atoms with Crippen LogP contribution >= 0.6 is 0 Å². The number of imidazole rings is 1. The summed E-state index contributed by atoms with van der Waals surface area (Å²) >= 11 is 0. The van der Waals surface area contributed by atoms with E-state index in [1.54, 1.807) is 21.5 Å². The van der Waals surface area contributed by atoms with Gasteiger partial charge in [0.1, 0.15) is 11.3 Å². The number of carbonyl (C=O) groups is 1. The van der Waals surface area contributed by atoms with Crippen molar-refractivity contribution in [1.29, 1.82) is 0 Å². The third kappa shape index (κ3) is 2.78. The Labute approximate surface area is 144 Å². The first-order valence-corrected chi connectivity index (χ1v) is 7.97. The number of hydrogen-bond donors (Lipinski definition) is 1. The summed E-state index contributed by atoms with van der Waals surface area (Å²) in [6.07, 6.45) is 7.16. The molecule has 1 amide bonds. The van der Waals surface area contributed by atoms with Crippen molar-refractivity contribution in [3.8, 4) is 5.69 Å². The molecule has 0 saturated carbocycles. The number of fused-ring (bicyclic) bond motifs is 1. The first-order valence-electron chi connectivity index (χ1n) is 7.97. The number of aryl methyl sites for hydroxylation is 2. The summed E-state index contributed by atoms with van der Waals surface area (Å²) in [4.78, 5) is 17.0. The Morgan fingerprint density at radius 2 is 2.00 bits per heavy atom. The molecule has 1 aromatic carbocycles. The molecule has 3 heterocycles. The maximum atomic E-state index is 12.7. The first-order chi connectivity index (χ1) is 12.1. The summed E-state index contributed by atoms with van der Waals surface area (Å²) in [7, 11) is 0. The minimum absolute atomic E-state index is 0.199. The lowest BCUT2D eigenvalue weighted by Crippen LogP contribution is -2.15. The van der Waals surface area contributed by atoms with Crippen LogP contribution in [-0.4, -0.2) is 25.1 Å². The summed E-state index contributed by atoms with van der Waals surface area (Å²) in [5, 5.41) is 7.30. The first kappa shape index (κ1) is 15.1. The van der Waals surface area contributed by atoms with Crippen molar-refractivity contribution in [2.75, 3.05) is 5.32 Å². The highest BCUT2D eigenvalue weighted by Crippen LogP contribution is 2.20. The van der Waals surface area contributed by atoms with E-state index in [0.29, 0.717) is 5.69 Å². The van der Waals surface area contributed by atoms with Gasteiger partial charge in [0.25, 0.3) is 5.91 Å². The van der Waals surface area contributed by atoms with Gasteiger partial charge in [0.15, 0.2) is 0 Å². The molecule has 3 aromatic heterocycles. The van der Waals surface area contributed by atoms with E-state index in [1.165, 1.54) is 0 Å². The molecule has 0 atom stereocenters. The number of rotatable bonds is 3. The van der Waals surface area contributed by atoms with Crippen LogP contribution in [-0.2, 0) is 0 Å². The second kappa shape index (κ2) is 5.90. The third-order valence-corrected chi connectivity index (χ3v) is 4.10. The van der Waals surface area contributed by atoms with Crippen molar-refractivity contribution in [2.45, 2.75) is 13.8 Å². The molecule has 0 aliphatic rings. The van der Waals surface area contributed by atoms with Crippen molar-refractivity contribution < 1.29 is 4.79 Å². The van der Waals surface area contributed by atoms with Crippen LogP contribution in [0.5, 0.6) is 0 Å². The molecule has 0 radical (unpaired) electrons. The largest absolute Gasteiger partial charge is 0.320 e. The monoisotopic (exact) mass is 331 g/mol. The Balaban J connectivity index is 1.67. The van der Waals surface area contributed by atoms with Crippen LogP contribution in [0.4, 0.5) is 5.69 Å². The topological polar surface area (TPSA) is 64.2 Å². The van der Waals surface area contributed by atoms with Gasteiger partial charge in [-0.2, -0.15) is 5.10 Å². The molecule has 0 unspecified atom stereocenters. The molecule has 0 aliphatic heterocycles. The Morgan fingerprint density at radius 1 is 1.12 bits per heavy atom. The van der Waals surface area contributed by atoms with Gasteiger partial charge in [0.05, 0.1) is 18.1 Å². The molecule has 0 fully saturated rings. The van der Waals surface area contributed by atoms with Gasteiger partial charge >= 0.3 is 0 Å². The van der Waals surface area contributed by atoms with Crippen LogP contribution in [0.1, 0.15) is 21.6 Å². The Bertz CT molecular complexity index is 1080. The standard InChI is InChI=1S/C19H17N5O/c1-13-10-21-24(12-13)15-7-6-14(2)16(9-15)22-19(25)17-11-20-18-5-3-4-8-23(17)18/h3-12H,1-2H3,(H,22,25). The number of aromatic nitrogens is 4. The molecule has 0 saturated heterocycles. The highest BCUT2D eigenvalue weighted by molar-refractivity contribution is 6.04. The molecule has 6 nitrogen and oxygen atoms in total. The minimum Gasteiger partial charge on any atom is -0.320 e. The summed E-state index contributed by atoms with van der Waals surface area (Å²) in [6, 6.07) is 11.5. The van der Waals surface area contributed by atoms with E-state index < -0.39 is 0 Å². The van der Waals surface area contributed by atoms with E-state index in [2.05, 4.69) is 15.4 Å². The van der Waals surface area contributed by atoms with Gasteiger partial charge in [0.2, 0.25) is 0 Å². The number of hydrogen-bond acceptors (Lipinski definition) is 3. The number of nitrogens with one attached hydrogen (secondary N) is 1. The van der Waals surface area contributed by atoms with Crippen molar-refractivity contribution in [3.63, 3.8) is 0 Å². The Kier molecular flexibility index (Phi) is 3.57. The third-order valence-electron chi connectivity index (χ3n) is 4.10. The maximum Gasteiger partial charge on any atom is 0.274 e. The zero-order chi connectivity index (χ0) is 17.4. The van der Waals surface area contributed by atoms with Crippen molar-refractivity contribution in [1.82, 2.24) is 19.2 Å². The van der Waals surface area contributed by atoms with Gasteiger partial charge in [-0.3, -0.25) is 9.20 Å². The van der Waals surface area contributed by atoms with E-state index in [-0.39, 0.29) is 5.91 Å². The lowest BCUT2D eigenvalue weighted by atomic mass is 10.1. The fraction of sp³-hybridized carbons (Fsp3) is 0.105. The summed E-state index contributed by atoms with van der Waals surface area (Å²) in [5.74, 6) is -0.199. The smallest absolute Gasteiger partial charge is 0.274 e. The summed E-state index contributed by atoms with van der Waals surface area (Å²) < 4.78 is 3.56. The molecule has 0 spiro atoms. The van der Waals surface area contributed by atoms with Crippen molar-refractivity contribution >= 4 is 17.2 Å². The van der Waals surface area contributed by atoms with Crippen LogP contribution in [0.15, 0.2) is 61.2 Å². The molecule has 25 heavy (non-hydrogen) atoms. The molecule has 6 heteroatoms. The number of anilines is 1. The molecule has 1 N–H and O–H groups in total. The second-order valence-electron chi connectivity index (χ2n) is 5.99. The molecule has 4 aromatic rings. The highest BCUT2D eigenvalue weighted by atomic mass is 16.1. The molecule has 124 valence electrons. The second-order valence-corrected chi connectivity index (χ2v) is 5.99. The van der Waals surface area contributed by atoms with Gasteiger partial charge in [0, 0.05) is 18.1 Å². The highest BCUT2D eigenvalue weighted by Gasteiger charge is 2.13. The predicted molar refractivity (Wildman–Crippen MR) is 96.2 cm³/mol. The van der Waals surface area contributed by atoms with Crippen LogP contribution in [0.25, 0.3) is 11.3 Å². The zero-order valence-electron chi connectivity index (χ0n) is 14.0. The van der Waals surface area contributed by atoms with Gasteiger partial charge in [-0.05, 0) is 49.2 Å². The van der Waals surface area contributed by atoms with Crippen LogP contribution < -0.4 is 5.32 Å². The number of amides is 1. The molecule has 0 bridgehead atoms. The minimum atomic E-state index is -0.199. The van der Waals surface area contributed by atoms with E-state index in [4.69, 9.17) is 0 Å². The predicted octanol–water partition coefficient (Wildman–Crippen LogP) is 3.39. The van der Waals surface area contributed by atoms with E-state index in [1.807, 2.05) is 62.6 Å². The Morgan fingerprint density at radius 3 is 2.80 bits per heavy atom. The summed E-state index contributed by atoms with van der Waals surface area (Å²) in [6.45, 7) is 3.95. The maximum absolute atomic E-state index is 12.7. The normalized spacial score (nSPS) is 11.0. The van der Waals surface area contributed by atoms with E-state index in [0.717, 1.165) is 28.1 Å².